The molecule has 2 aromatic heterocycles. The molecule has 0 radical (unpaired) electrons. The normalized spacial score (nSPS) is 10.5. The number of pyridine rings is 1. The monoisotopic (exact) mass is 384 g/mol. The number of nitriles is 1. The first-order chi connectivity index (χ1) is 14.2. The second-order valence-corrected chi connectivity index (χ2v) is 6.23. The summed E-state index contributed by atoms with van der Waals surface area (Å²) in [5.41, 5.74) is 4.15. The second kappa shape index (κ2) is 7.49. The fraction of sp³-hybridized carbons (Fsp3) is 0.0870. The molecule has 0 atom stereocenters. The first-order valence-electron chi connectivity index (χ1n) is 8.81. The van der Waals surface area contributed by atoms with Gasteiger partial charge in [-0.25, -0.2) is 9.78 Å². The molecule has 0 fully saturated rings. The minimum absolute atomic E-state index is 0.186. The van der Waals surface area contributed by atoms with E-state index in [4.69, 9.17) is 13.9 Å². The summed E-state index contributed by atoms with van der Waals surface area (Å²) in [4.78, 5) is 16.9. The first-order valence-corrected chi connectivity index (χ1v) is 8.81. The highest BCUT2D eigenvalue weighted by Crippen LogP contribution is 2.41. The molecule has 2 aliphatic carbocycles. The lowest BCUT2D eigenvalue weighted by Crippen LogP contribution is -2.00. The Kier molecular flexibility index (Phi) is 4.71. The average Bonchev–Trinajstić information content (AvgIpc) is 3.35. The van der Waals surface area contributed by atoms with Crippen molar-refractivity contribution in [2.75, 3.05) is 14.2 Å². The van der Waals surface area contributed by atoms with E-state index < -0.39 is 5.97 Å². The lowest BCUT2D eigenvalue weighted by atomic mass is 10.0. The predicted octanol–water partition coefficient (Wildman–Crippen LogP) is 4.78. The number of fused-ring (bicyclic) bond motifs is 1. The second-order valence-electron chi connectivity index (χ2n) is 6.23. The van der Waals surface area contributed by atoms with Crippen molar-refractivity contribution in [1.29, 1.82) is 5.26 Å². The zero-order valence-corrected chi connectivity index (χ0v) is 15.8. The van der Waals surface area contributed by atoms with E-state index >= 15 is 0 Å². The number of carbonyl (C=O) groups is 1. The average molecular weight is 384 g/mol. The van der Waals surface area contributed by atoms with Crippen molar-refractivity contribution in [3.63, 3.8) is 0 Å². The smallest absolute Gasteiger partial charge is 0.338 e. The van der Waals surface area contributed by atoms with Crippen LogP contribution in [0.1, 0.15) is 15.9 Å². The molecule has 0 saturated carbocycles. The summed E-state index contributed by atoms with van der Waals surface area (Å²) >= 11 is 0. The van der Waals surface area contributed by atoms with Gasteiger partial charge < -0.3 is 13.9 Å². The van der Waals surface area contributed by atoms with Crippen molar-refractivity contribution in [2.45, 2.75) is 0 Å². The minimum atomic E-state index is -0.431. The van der Waals surface area contributed by atoms with Crippen LogP contribution in [0.5, 0.6) is 5.88 Å². The van der Waals surface area contributed by atoms with Crippen LogP contribution in [-0.4, -0.2) is 25.2 Å². The Labute approximate surface area is 167 Å². The number of carbonyl (C=O) groups excluding carboxylic acids is 1. The Morgan fingerprint density at radius 1 is 1.00 bits per heavy atom. The SMILES string of the molecule is COC(=O)c1cc(-c2cc(-c3ccco3)c(C#N)c(OC)n2)c2cccccc1-2. The molecule has 0 spiro atoms. The third-order valence-electron chi connectivity index (χ3n) is 4.67. The first kappa shape index (κ1) is 18.3. The van der Waals surface area contributed by atoms with Gasteiger partial charge in [-0.3, -0.25) is 0 Å². The predicted molar refractivity (Wildman–Crippen MR) is 107 cm³/mol. The molecule has 0 bridgehead atoms. The van der Waals surface area contributed by atoms with E-state index in [1.54, 1.807) is 24.3 Å². The molecule has 29 heavy (non-hydrogen) atoms. The Bertz CT molecular complexity index is 1210. The fourth-order valence-corrected chi connectivity index (χ4v) is 3.35. The lowest BCUT2D eigenvalue weighted by molar-refractivity contribution is 0.0602. The number of ether oxygens (including phenoxy) is 2. The van der Waals surface area contributed by atoms with Crippen molar-refractivity contribution in [3.8, 4) is 45.7 Å². The van der Waals surface area contributed by atoms with E-state index in [1.807, 2.05) is 30.3 Å². The van der Waals surface area contributed by atoms with E-state index in [-0.39, 0.29) is 11.4 Å². The number of furan rings is 1. The van der Waals surface area contributed by atoms with Crippen LogP contribution >= 0.6 is 0 Å². The third kappa shape index (κ3) is 3.09. The number of nitrogens with zero attached hydrogens (tertiary/aromatic N) is 2. The summed E-state index contributed by atoms with van der Waals surface area (Å²) in [7, 11) is 2.81. The zero-order chi connectivity index (χ0) is 20.4. The summed E-state index contributed by atoms with van der Waals surface area (Å²) in [5.74, 6) is 0.281. The minimum Gasteiger partial charge on any atom is -0.480 e. The van der Waals surface area contributed by atoms with Gasteiger partial charge in [0.15, 0.2) is 0 Å². The molecular weight excluding hydrogens is 368 g/mol. The number of esters is 1. The molecule has 0 saturated heterocycles. The van der Waals surface area contributed by atoms with Crippen molar-refractivity contribution in [1.82, 2.24) is 4.98 Å². The lowest BCUT2D eigenvalue weighted by Gasteiger charge is -2.10. The number of aromatic nitrogens is 1. The third-order valence-corrected chi connectivity index (χ3v) is 4.67. The molecule has 0 amide bonds. The number of methoxy groups -OCH3 is 2. The van der Waals surface area contributed by atoms with Gasteiger partial charge in [-0.1, -0.05) is 30.3 Å². The van der Waals surface area contributed by atoms with Crippen LogP contribution in [-0.2, 0) is 4.74 Å². The Morgan fingerprint density at radius 2 is 1.79 bits per heavy atom. The number of rotatable bonds is 4. The van der Waals surface area contributed by atoms with E-state index in [1.165, 1.54) is 20.5 Å². The fourth-order valence-electron chi connectivity index (χ4n) is 3.35. The van der Waals surface area contributed by atoms with E-state index in [2.05, 4.69) is 11.1 Å². The molecule has 0 N–H and O–H groups in total. The maximum Gasteiger partial charge on any atom is 0.338 e. The van der Waals surface area contributed by atoms with E-state index in [0.717, 1.165) is 16.7 Å². The van der Waals surface area contributed by atoms with Crippen LogP contribution in [0.25, 0.3) is 33.7 Å². The number of hydrogen-bond donors (Lipinski definition) is 0. The maximum atomic E-state index is 12.3. The molecule has 4 rings (SSSR count). The highest BCUT2D eigenvalue weighted by Gasteiger charge is 2.24. The number of hydrogen-bond acceptors (Lipinski definition) is 6. The standard InChI is InChI=1S/C23H16N2O4/c1-27-22-19(13-24)17(21-9-6-10-29-21)12-20(25-22)16-11-18(23(26)28-2)15-8-5-3-4-7-14(15)16/h3-12H,1-2H3. The zero-order valence-electron chi connectivity index (χ0n) is 15.8. The topological polar surface area (TPSA) is 85.3 Å². The Balaban J connectivity index is 2.01. The van der Waals surface area contributed by atoms with Crippen molar-refractivity contribution < 1.29 is 18.7 Å². The summed E-state index contributed by atoms with van der Waals surface area (Å²) in [5, 5.41) is 9.63. The van der Waals surface area contributed by atoms with Gasteiger partial charge in [0, 0.05) is 11.1 Å². The van der Waals surface area contributed by atoms with Gasteiger partial charge in [0.1, 0.15) is 17.4 Å². The van der Waals surface area contributed by atoms with Gasteiger partial charge >= 0.3 is 5.97 Å². The summed E-state index contributed by atoms with van der Waals surface area (Å²) in [6.45, 7) is 0. The van der Waals surface area contributed by atoms with Crippen molar-refractivity contribution in [3.05, 3.63) is 72.0 Å². The summed E-state index contributed by atoms with van der Waals surface area (Å²) in [6, 6.07) is 18.6. The van der Waals surface area contributed by atoms with Crippen molar-refractivity contribution >= 4 is 5.97 Å². The molecule has 6 heteroatoms. The van der Waals surface area contributed by atoms with E-state index in [9.17, 15) is 10.1 Å². The van der Waals surface area contributed by atoms with E-state index in [0.29, 0.717) is 22.6 Å². The maximum absolute atomic E-state index is 12.3. The molecular formula is C23H16N2O4. The largest absolute Gasteiger partial charge is 0.480 e. The molecule has 2 aliphatic rings. The van der Waals surface area contributed by atoms with Gasteiger partial charge in [-0.05, 0) is 35.4 Å². The summed E-state index contributed by atoms with van der Waals surface area (Å²) < 4.78 is 15.8. The van der Waals surface area contributed by atoms with Crippen molar-refractivity contribution in [2.24, 2.45) is 0 Å². The Morgan fingerprint density at radius 3 is 2.45 bits per heavy atom. The molecule has 2 heterocycles. The van der Waals surface area contributed by atoms with Crippen LogP contribution in [0.3, 0.4) is 0 Å². The molecule has 0 aliphatic heterocycles. The molecule has 142 valence electrons. The van der Waals surface area contributed by atoms with Gasteiger partial charge in [0.25, 0.3) is 0 Å². The molecule has 2 aromatic rings. The molecule has 6 nitrogen and oxygen atoms in total. The van der Waals surface area contributed by atoms with Crippen LogP contribution in [0, 0.1) is 11.3 Å². The molecule has 0 aromatic carbocycles. The molecule has 0 unspecified atom stereocenters. The van der Waals surface area contributed by atoms with Crippen LogP contribution in [0.2, 0.25) is 0 Å². The highest BCUT2D eigenvalue weighted by atomic mass is 16.5. The summed E-state index contributed by atoms with van der Waals surface area (Å²) in [6.07, 6.45) is 1.54. The highest BCUT2D eigenvalue weighted by molar-refractivity contribution is 6.04. The van der Waals surface area contributed by atoms with Gasteiger partial charge in [-0.2, -0.15) is 5.26 Å². The van der Waals surface area contributed by atoms with Crippen LogP contribution in [0.4, 0.5) is 0 Å². The van der Waals surface area contributed by atoms with Gasteiger partial charge in [-0.15, -0.1) is 0 Å². The van der Waals surface area contributed by atoms with Crippen LogP contribution < -0.4 is 4.74 Å². The van der Waals surface area contributed by atoms with Gasteiger partial charge in [0.05, 0.1) is 31.7 Å². The van der Waals surface area contributed by atoms with Gasteiger partial charge in [0.2, 0.25) is 5.88 Å². The Hall–Kier alpha value is -4.11. The van der Waals surface area contributed by atoms with Crippen LogP contribution in [0.15, 0.2) is 65.3 Å². The quantitative estimate of drug-likeness (QED) is 0.471.